The maximum absolute atomic E-state index is 13.6. The number of hydrogen-bond acceptors (Lipinski definition) is 6. The van der Waals surface area contributed by atoms with Crippen LogP contribution in [0.5, 0.6) is 11.5 Å². The number of ether oxygens (including phenoxy) is 2. The smallest absolute Gasteiger partial charge is 0.263 e. The number of fused-ring (bicyclic) bond motifs is 1. The van der Waals surface area contributed by atoms with E-state index in [0.717, 1.165) is 11.8 Å². The number of nitrogens with zero attached hydrogens (tertiary/aromatic N) is 1. The van der Waals surface area contributed by atoms with Gasteiger partial charge in [0.15, 0.2) is 6.10 Å². The molecular formula is C27H29N3O6S. The Balaban J connectivity index is 1.54. The van der Waals surface area contributed by atoms with E-state index in [1.165, 1.54) is 12.0 Å². The third kappa shape index (κ3) is 6.87. The van der Waals surface area contributed by atoms with Crippen molar-refractivity contribution < 1.29 is 27.5 Å². The normalized spacial score (nSPS) is 15.7. The molecule has 2 amide bonds. The summed E-state index contributed by atoms with van der Waals surface area (Å²) < 4.78 is 37.8. The second-order valence-corrected chi connectivity index (χ2v) is 10.5. The van der Waals surface area contributed by atoms with Gasteiger partial charge in [-0.05, 0) is 35.4 Å². The van der Waals surface area contributed by atoms with E-state index in [4.69, 9.17) is 9.47 Å². The van der Waals surface area contributed by atoms with Gasteiger partial charge in [0, 0.05) is 13.0 Å². The molecule has 4 rings (SSSR count). The second kappa shape index (κ2) is 11.4. The highest BCUT2D eigenvalue weighted by atomic mass is 32.2. The first-order valence-corrected chi connectivity index (χ1v) is 13.6. The van der Waals surface area contributed by atoms with Crippen molar-refractivity contribution in [1.29, 1.82) is 0 Å². The molecule has 3 aromatic rings. The molecule has 0 aromatic heterocycles. The van der Waals surface area contributed by atoms with Crippen LogP contribution >= 0.6 is 0 Å². The van der Waals surface area contributed by atoms with Gasteiger partial charge in [0.25, 0.3) is 5.91 Å². The van der Waals surface area contributed by atoms with Gasteiger partial charge >= 0.3 is 0 Å². The molecule has 0 saturated carbocycles. The lowest BCUT2D eigenvalue weighted by molar-refractivity contribution is -0.128. The van der Waals surface area contributed by atoms with Gasteiger partial charge in [0.2, 0.25) is 15.9 Å². The molecule has 1 heterocycles. The zero-order chi connectivity index (χ0) is 26.4. The minimum absolute atomic E-state index is 0.00925. The fourth-order valence-corrected chi connectivity index (χ4v) is 4.85. The van der Waals surface area contributed by atoms with Gasteiger partial charge < -0.3 is 19.7 Å². The van der Waals surface area contributed by atoms with Crippen LogP contribution in [-0.2, 0) is 26.2 Å². The molecule has 3 aromatic carbocycles. The minimum Gasteiger partial charge on any atom is -0.497 e. The zero-order valence-corrected chi connectivity index (χ0v) is 21.4. The molecule has 0 radical (unpaired) electrons. The number of methoxy groups -OCH3 is 1. The largest absolute Gasteiger partial charge is 0.497 e. The number of amides is 2. The molecule has 2 N–H and O–H groups in total. The summed E-state index contributed by atoms with van der Waals surface area (Å²) >= 11 is 0. The Morgan fingerprint density at radius 3 is 2.38 bits per heavy atom. The minimum atomic E-state index is -3.62. The summed E-state index contributed by atoms with van der Waals surface area (Å²) in [5.74, 6) is 0.310. The number of carbonyl (C=O) groups excluding carboxylic acids is 2. The van der Waals surface area contributed by atoms with Crippen molar-refractivity contribution in [1.82, 2.24) is 10.0 Å². The summed E-state index contributed by atoms with van der Waals surface area (Å²) in [5, 5.41) is 2.86. The lowest BCUT2D eigenvalue weighted by Gasteiger charge is -2.35. The Morgan fingerprint density at radius 1 is 1.03 bits per heavy atom. The van der Waals surface area contributed by atoms with E-state index < -0.39 is 22.2 Å². The Morgan fingerprint density at radius 2 is 1.70 bits per heavy atom. The van der Waals surface area contributed by atoms with Gasteiger partial charge in [-0.1, -0.05) is 54.6 Å². The molecule has 0 saturated heterocycles. The Labute approximate surface area is 216 Å². The number of sulfonamides is 1. The quantitative estimate of drug-likeness (QED) is 0.446. The summed E-state index contributed by atoms with van der Waals surface area (Å²) in [6.07, 6.45) is -0.0399. The topological polar surface area (TPSA) is 114 Å². The van der Waals surface area contributed by atoms with Gasteiger partial charge in [0.05, 0.1) is 31.6 Å². The number of benzene rings is 3. The fraction of sp³-hybridized carbons (Fsp3) is 0.259. The van der Waals surface area contributed by atoms with Gasteiger partial charge in [-0.3, -0.25) is 9.59 Å². The van der Waals surface area contributed by atoms with E-state index in [1.807, 2.05) is 30.3 Å². The monoisotopic (exact) mass is 523 g/mol. The van der Waals surface area contributed by atoms with Crippen LogP contribution in [0.4, 0.5) is 5.69 Å². The molecule has 37 heavy (non-hydrogen) atoms. The molecule has 0 fully saturated rings. The molecule has 0 bridgehead atoms. The van der Waals surface area contributed by atoms with Gasteiger partial charge in [0.1, 0.15) is 11.5 Å². The van der Waals surface area contributed by atoms with E-state index in [-0.39, 0.29) is 24.8 Å². The number of rotatable bonds is 9. The number of carbonyl (C=O) groups is 2. The van der Waals surface area contributed by atoms with Crippen molar-refractivity contribution in [3.63, 3.8) is 0 Å². The molecule has 1 aliphatic rings. The van der Waals surface area contributed by atoms with Crippen LogP contribution in [0.3, 0.4) is 0 Å². The fourth-order valence-electron chi connectivity index (χ4n) is 4.11. The Kier molecular flexibility index (Phi) is 8.10. The van der Waals surface area contributed by atoms with Crippen LogP contribution < -0.4 is 24.4 Å². The van der Waals surface area contributed by atoms with Crippen LogP contribution in [0.2, 0.25) is 0 Å². The maximum atomic E-state index is 13.6. The van der Waals surface area contributed by atoms with Crippen LogP contribution in [-0.4, -0.2) is 46.2 Å². The molecule has 1 aliphatic heterocycles. The Bertz CT molecular complexity index is 1350. The van der Waals surface area contributed by atoms with Crippen molar-refractivity contribution in [2.24, 2.45) is 0 Å². The van der Waals surface area contributed by atoms with Crippen molar-refractivity contribution in [2.45, 2.75) is 25.1 Å². The second-order valence-electron chi connectivity index (χ2n) is 8.70. The number of nitrogens with one attached hydrogen (secondary N) is 2. The van der Waals surface area contributed by atoms with E-state index in [9.17, 15) is 18.0 Å². The van der Waals surface area contributed by atoms with Crippen LogP contribution in [0, 0.1) is 0 Å². The first kappa shape index (κ1) is 26.2. The van der Waals surface area contributed by atoms with Gasteiger partial charge in [-0.15, -0.1) is 0 Å². The lowest BCUT2D eigenvalue weighted by Crippen LogP contribution is -2.51. The van der Waals surface area contributed by atoms with E-state index in [2.05, 4.69) is 10.0 Å². The maximum Gasteiger partial charge on any atom is 0.263 e. The SMILES string of the molecule is COc1ccc([C@@H](CC(=O)N2C[C@H](C(=O)NCc3ccccc3)Oc3ccccc32)NS(C)(=O)=O)cc1. The first-order chi connectivity index (χ1) is 17.7. The number of hydrogen-bond donors (Lipinski definition) is 2. The van der Waals surface area contributed by atoms with Crippen molar-refractivity contribution >= 4 is 27.5 Å². The molecule has 9 nitrogen and oxygen atoms in total. The average molecular weight is 524 g/mol. The van der Waals surface area contributed by atoms with Crippen molar-refractivity contribution in [2.75, 3.05) is 24.8 Å². The van der Waals surface area contributed by atoms with Crippen LogP contribution in [0.15, 0.2) is 78.9 Å². The number of para-hydroxylation sites is 2. The van der Waals surface area contributed by atoms with E-state index in [1.54, 1.807) is 48.5 Å². The van der Waals surface area contributed by atoms with E-state index in [0.29, 0.717) is 29.3 Å². The van der Waals surface area contributed by atoms with Crippen molar-refractivity contribution in [3.8, 4) is 11.5 Å². The van der Waals surface area contributed by atoms with Gasteiger partial charge in [-0.2, -0.15) is 0 Å². The first-order valence-electron chi connectivity index (χ1n) is 11.7. The molecular weight excluding hydrogens is 494 g/mol. The Hall–Kier alpha value is -3.89. The molecule has 0 spiro atoms. The highest BCUT2D eigenvalue weighted by molar-refractivity contribution is 7.88. The molecule has 2 atom stereocenters. The summed E-state index contributed by atoms with van der Waals surface area (Å²) in [5.41, 5.74) is 2.07. The van der Waals surface area contributed by atoms with Crippen LogP contribution in [0.25, 0.3) is 0 Å². The average Bonchev–Trinajstić information content (AvgIpc) is 2.90. The molecule has 194 valence electrons. The molecule has 0 aliphatic carbocycles. The summed E-state index contributed by atoms with van der Waals surface area (Å²) in [6, 6.07) is 22.5. The highest BCUT2D eigenvalue weighted by Gasteiger charge is 2.35. The summed E-state index contributed by atoms with van der Waals surface area (Å²) in [6.45, 7) is 0.317. The van der Waals surface area contributed by atoms with Crippen LogP contribution in [0.1, 0.15) is 23.6 Å². The third-order valence-electron chi connectivity index (χ3n) is 5.93. The highest BCUT2D eigenvalue weighted by Crippen LogP contribution is 2.34. The predicted octanol–water partition coefficient (Wildman–Crippen LogP) is 2.79. The third-order valence-corrected chi connectivity index (χ3v) is 6.64. The lowest BCUT2D eigenvalue weighted by atomic mass is 10.0. The molecule has 10 heteroatoms. The zero-order valence-electron chi connectivity index (χ0n) is 20.6. The van der Waals surface area contributed by atoms with Gasteiger partial charge in [-0.25, -0.2) is 13.1 Å². The molecule has 0 unspecified atom stereocenters. The van der Waals surface area contributed by atoms with E-state index >= 15 is 0 Å². The standard InChI is InChI=1S/C27H29N3O6S/c1-35-21-14-12-20(13-15-21)22(29-37(2,33)34)16-26(31)30-18-25(36-24-11-7-6-10-23(24)30)27(32)28-17-19-8-4-3-5-9-19/h3-15,22,25,29H,16-18H2,1-2H3,(H,28,32)/t22-,25-/m1/s1. The summed E-state index contributed by atoms with van der Waals surface area (Å²) in [7, 11) is -2.09. The van der Waals surface area contributed by atoms with Crippen molar-refractivity contribution in [3.05, 3.63) is 90.0 Å². The number of anilines is 1. The predicted molar refractivity (Wildman–Crippen MR) is 140 cm³/mol. The summed E-state index contributed by atoms with van der Waals surface area (Å²) in [4.78, 5) is 28.0.